The molecule has 0 saturated carbocycles. The van der Waals surface area contributed by atoms with Gasteiger partial charge in [0, 0.05) is 17.2 Å². The summed E-state index contributed by atoms with van der Waals surface area (Å²) in [5.74, 6) is -1.80. The molecule has 4 aromatic rings. The van der Waals surface area contributed by atoms with Crippen molar-refractivity contribution >= 4 is 28.8 Å². The second-order valence-corrected chi connectivity index (χ2v) is 7.98. The number of rotatable bonds is 7. The number of aromatic nitrogens is 2. The van der Waals surface area contributed by atoms with E-state index < -0.39 is 40.0 Å². The minimum atomic E-state index is -4.64. The molecule has 194 valence electrons. The number of nitro benzene ring substituents is 1. The van der Waals surface area contributed by atoms with Gasteiger partial charge >= 0.3 is 17.8 Å². The summed E-state index contributed by atoms with van der Waals surface area (Å²) in [7, 11) is 0. The van der Waals surface area contributed by atoms with Gasteiger partial charge in [0.05, 0.1) is 27.6 Å². The van der Waals surface area contributed by atoms with Crippen molar-refractivity contribution in [1.82, 2.24) is 9.66 Å². The van der Waals surface area contributed by atoms with Crippen LogP contribution in [-0.4, -0.2) is 38.0 Å². The second kappa shape index (κ2) is 10.1. The molecule has 3 aromatic carbocycles. The standard InChI is InChI=1S/C25H17F3N4O6/c1-14(24(34)35)38-21-10-9-15(11-20(21)32(36)37)13-29-31-22(16-5-4-6-17(12-16)25(26,27)28)30-19-8-3-2-7-18(19)23(31)33/h2-14H,1H3,(H,34,35)/t14-/m0/s1. The maximum absolute atomic E-state index is 13.3. The summed E-state index contributed by atoms with van der Waals surface area (Å²) >= 11 is 0. The summed E-state index contributed by atoms with van der Waals surface area (Å²) in [6.45, 7) is 1.20. The van der Waals surface area contributed by atoms with Gasteiger partial charge in [-0.15, -0.1) is 0 Å². The Balaban J connectivity index is 1.84. The Labute approximate surface area is 211 Å². The topological polar surface area (TPSA) is 137 Å². The molecular weight excluding hydrogens is 509 g/mol. The van der Waals surface area contributed by atoms with E-state index in [9.17, 15) is 32.9 Å². The third kappa shape index (κ3) is 5.36. The van der Waals surface area contributed by atoms with Gasteiger partial charge in [-0.25, -0.2) is 9.78 Å². The number of ether oxygens (including phenoxy) is 1. The van der Waals surface area contributed by atoms with Crippen LogP contribution in [0, 0.1) is 10.1 Å². The lowest BCUT2D eigenvalue weighted by atomic mass is 10.1. The van der Waals surface area contributed by atoms with Gasteiger partial charge in [-0.2, -0.15) is 22.9 Å². The van der Waals surface area contributed by atoms with Crippen molar-refractivity contribution in [3.8, 4) is 17.1 Å². The molecule has 0 aliphatic carbocycles. The van der Waals surface area contributed by atoms with Crippen LogP contribution in [0.4, 0.5) is 18.9 Å². The summed E-state index contributed by atoms with van der Waals surface area (Å²) in [5, 5.41) is 24.8. The first kappa shape index (κ1) is 26.0. The van der Waals surface area contributed by atoms with Crippen LogP contribution in [0.3, 0.4) is 0 Å². The Bertz CT molecular complexity index is 1650. The number of alkyl halides is 3. The molecule has 0 fully saturated rings. The third-order valence-corrected chi connectivity index (χ3v) is 5.36. The minimum Gasteiger partial charge on any atom is -0.479 e. The molecule has 1 atom stereocenters. The number of hydrogen-bond donors (Lipinski definition) is 1. The maximum atomic E-state index is 13.3. The summed E-state index contributed by atoms with van der Waals surface area (Å²) in [6.07, 6.45) is -4.90. The zero-order valence-corrected chi connectivity index (χ0v) is 19.4. The fraction of sp³-hybridized carbons (Fsp3) is 0.120. The predicted molar refractivity (Wildman–Crippen MR) is 130 cm³/mol. The van der Waals surface area contributed by atoms with Crippen molar-refractivity contribution < 1.29 is 32.7 Å². The highest BCUT2D eigenvalue weighted by molar-refractivity contribution is 5.83. The smallest absolute Gasteiger partial charge is 0.416 e. The number of hydrogen-bond acceptors (Lipinski definition) is 7. The quantitative estimate of drug-likeness (QED) is 0.209. The number of nitrogens with zero attached hydrogens (tertiary/aromatic N) is 4. The molecule has 0 spiro atoms. The van der Waals surface area contributed by atoms with Crippen molar-refractivity contribution in [3.63, 3.8) is 0 Å². The maximum Gasteiger partial charge on any atom is 0.416 e. The molecular formula is C25H17F3N4O6. The lowest BCUT2D eigenvalue weighted by Gasteiger charge is -2.12. The van der Waals surface area contributed by atoms with Gasteiger partial charge in [0.1, 0.15) is 0 Å². The SMILES string of the molecule is C[C@H](Oc1ccc(C=Nn2c(-c3cccc(C(F)(F)F)c3)nc3ccccc3c2=O)cc1[N+](=O)[O-])C(=O)O. The van der Waals surface area contributed by atoms with Crippen molar-refractivity contribution in [1.29, 1.82) is 0 Å². The number of halogens is 3. The Morgan fingerprint density at radius 3 is 2.58 bits per heavy atom. The highest BCUT2D eigenvalue weighted by Crippen LogP contribution is 2.32. The third-order valence-electron chi connectivity index (χ3n) is 5.36. The Morgan fingerprint density at radius 2 is 1.89 bits per heavy atom. The van der Waals surface area contributed by atoms with Crippen molar-refractivity contribution in [3.05, 3.63) is 98.3 Å². The fourth-order valence-electron chi connectivity index (χ4n) is 3.47. The Kier molecular flexibility index (Phi) is 6.93. The highest BCUT2D eigenvalue weighted by atomic mass is 19.4. The first-order valence-corrected chi connectivity index (χ1v) is 10.9. The van der Waals surface area contributed by atoms with Crippen LogP contribution in [0.1, 0.15) is 18.1 Å². The molecule has 0 bridgehead atoms. The van der Waals surface area contributed by atoms with E-state index in [-0.39, 0.29) is 33.6 Å². The van der Waals surface area contributed by atoms with Crippen molar-refractivity contribution in [2.45, 2.75) is 19.2 Å². The lowest BCUT2D eigenvalue weighted by Crippen LogP contribution is -2.23. The lowest BCUT2D eigenvalue weighted by molar-refractivity contribution is -0.386. The summed E-state index contributed by atoms with van der Waals surface area (Å²) in [5.41, 5.74) is -1.84. The Hall–Kier alpha value is -5.07. The number of fused-ring (bicyclic) bond motifs is 1. The molecule has 0 aliphatic heterocycles. The summed E-state index contributed by atoms with van der Waals surface area (Å²) in [6, 6.07) is 14.0. The van der Waals surface area contributed by atoms with E-state index in [0.717, 1.165) is 29.1 Å². The normalized spacial score (nSPS) is 12.5. The van der Waals surface area contributed by atoms with Gasteiger partial charge in [-0.1, -0.05) is 24.3 Å². The molecule has 1 heterocycles. The molecule has 38 heavy (non-hydrogen) atoms. The number of para-hydroxylation sites is 1. The van der Waals surface area contributed by atoms with Crippen LogP contribution in [0.5, 0.6) is 5.75 Å². The van der Waals surface area contributed by atoms with Crippen LogP contribution in [0.25, 0.3) is 22.3 Å². The molecule has 0 amide bonds. The van der Waals surface area contributed by atoms with E-state index in [1.165, 1.54) is 43.3 Å². The second-order valence-electron chi connectivity index (χ2n) is 7.98. The minimum absolute atomic E-state index is 0.0304. The molecule has 1 N–H and O–H groups in total. The predicted octanol–water partition coefficient (Wildman–Crippen LogP) is 4.72. The molecule has 1 aromatic heterocycles. The number of carbonyl (C=O) groups is 1. The Morgan fingerprint density at radius 1 is 1.16 bits per heavy atom. The van der Waals surface area contributed by atoms with E-state index in [1.807, 2.05) is 0 Å². The average Bonchev–Trinajstić information content (AvgIpc) is 2.88. The van der Waals surface area contributed by atoms with E-state index in [1.54, 1.807) is 12.1 Å². The molecule has 4 rings (SSSR count). The van der Waals surface area contributed by atoms with Crippen molar-refractivity contribution in [2.75, 3.05) is 0 Å². The monoisotopic (exact) mass is 526 g/mol. The van der Waals surface area contributed by atoms with Crippen molar-refractivity contribution in [2.24, 2.45) is 5.10 Å². The van der Waals surface area contributed by atoms with Crippen LogP contribution in [-0.2, 0) is 11.0 Å². The molecule has 13 heteroatoms. The molecule has 0 unspecified atom stereocenters. The van der Waals surface area contributed by atoms with Gasteiger partial charge in [0.15, 0.2) is 17.7 Å². The number of benzene rings is 3. The van der Waals surface area contributed by atoms with Gasteiger partial charge < -0.3 is 9.84 Å². The fourth-order valence-corrected chi connectivity index (χ4v) is 3.47. The number of nitro groups is 1. The van der Waals surface area contributed by atoms with Gasteiger partial charge in [-0.05, 0) is 43.3 Å². The van der Waals surface area contributed by atoms with Gasteiger partial charge in [0.2, 0.25) is 0 Å². The van der Waals surface area contributed by atoms with E-state index in [0.29, 0.717) is 0 Å². The summed E-state index contributed by atoms with van der Waals surface area (Å²) < 4.78 is 45.9. The molecule has 0 radical (unpaired) electrons. The summed E-state index contributed by atoms with van der Waals surface area (Å²) in [4.78, 5) is 39.4. The molecule has 0 aliphatic rings. The van der Waals surface area contributed by atoms with E-state index >= 15 is 0 Å². The highest BCUT2D eigenvalue weighted by Gasteiger charge is 2.31. The zero-order chi connectivity index (χ0) is 27.6. The van der Waals surface area contributed by atoms with Crippen LogP contribution in [0.15, 0.2) is 76.6 Å². The number of aliphatic carboxylic acids is 1. The largest absolute Gasteiger partial charge is 0.479 e. The van der Waals surface area contributed by atoms with Gasteiger partial charge in [0.25, 0.3) is 5.56 Å². The zero-order valence-electron chi connectivity index (χ0n) is 19.4. The number of carboxylic acids is 1. The molecule has 0 saturated heterocycles. The first-order chi connectivity index (χ1) is 18.0. The van der Waals surface area contributed by atoms with Crippen LogP contribution < -0.4 is 10.3 Å². The molecule has 10 nitrogen and oxygen atoms in total. The van der Waals surface area contributed by atoms with Crippen LogP contribution in [0.2, 0.25) is 0 Å². The average molecular weight is 526 g/mol. The number of carboxylic acid groups (broad SMARTS) is 1. The van der Waals surface area contributed by atoms with E-state index in [2.05, 4.69) is 10.1 Å². The van der Waals surface area contributed by atoms with E-state index in [4.69, 9.17) is 9.84 Å². The first-order valence-electron chi connectivity index (χ1n) is 10.9. The van der Waals surface area contributed by atoms with Gasteiger partial charge in [-0.3, -0.25) is 14.9 Å². The van der Waals surface area contributed by atoms with Crippen LogP contribution >= 0.6 is 0 Å².